The zero-order valence-electron chi connectivity index (χ0n) is 11.0. The molecule has 0 spiro atoms. The van der Waals surface area contributed by atoms with Crippen LogP contribution in [0.1, 0.15) is 22.8 Å². The third-order valence-corrected chi connectivity index (χ3v) is 3.18. The maximum absolute atomic E-state index is 13.2. The van der Waals surface area contributed by atoms with Crippen LogP contribution in [0.25, 0.3) is 0 Å². The predicted molar refractivity (Wildman–Crippen MR) is 77.6 cm³/mol. The van der Waals surface area contributed by atoms with Crippen LogP contribution in [-0.4, -0.2) is 30.5 Å². The summed E-state index contributed by atoms with van der Waals surface area (Å²) in [7, 11) is 0. The van der Waals surface area contributed by atoms with Crippen LogP contribution in [0.5, 0.6) is 0 Å². The first kappa shape index (κ1) is 15.5. The molecule has 1 atom stereocenters. The molecule has 0 fully saturated rings. The lowest BCUT2D eigenvalue weighted by molar-refractivity contribution is 0.0943. The molecule has 0 saturated carbocycles. The molecule has 1 amide bonds. The van der Waals surface area contributed by atoms with Crippen molar-refractivity contribution in [3.63, 3.8) is 0 Å². The number of hydrogen-bond acceptors (Lipinski definition) is 3. The summed E-state index contributed by atoms with van der Waals surface area (Å²) in [6.45, 7) is 2.09. The second kappa shape index (κ2) is 7.82. The summed E-state index contributed by atoms with van der Waals surface area (Å²) in [5.74, 6) is 5.50. The van der Waals surface area contributed by atoms with E-state index in [1.807, 2.05) is 13.2 Å². The summed E-state index contributed by atoms with van der Waals surface area (Å²) in [5, 5.41) is 2.85. The summed E-state index contributed by atoms with van der Waals surface area (Å²) >= 11 is 1.65. The van der Waals surface area contributed by atoms with Crippen molar-refractivity contribution in [1.29, 1.82) is 0 Å². The molecular weight excluding hydrogens is 263 g/mol. The Morgan fingerprint density at radius 1 is 1.58 bits per heavy atom. The second-order valence-electron chi connectivity index (χ2n) is 4.03. The topological polar surface area (TPSA) is 55.1 Å². The monoisotopic (exact) mass is 280 g/mol. The highest BCUT2D eigenvalue weighted by Crippen LogP contribution is 2.11. The maximum Gasteiger partial charge on any atom is 0.252 e. The largest absolute Gasteiger partial charge is 0.349 e. The Bertz CT molecular complexity index is 508. The van der Waals surface area contributed by atoms with Crippen LogP contribution in [-0.2, 0) is 0 Å². The van der Waals surface area contributed by atoms with Crippen molar-refractivity contribution < 1.29 is 9.18 Å². The number of benzene rings is 1. The normalized spacial score (nSPS) is 11.4. The average molecular weight is 280 g/mol. The number of halogens is 1. The number of nitrogens with one attached hydrogen (secondary N) is 1. The summed E-state index contributed by atoms with van der Waals surface area (Å²) in [6, 6.07) is 3.98. The fourth-order valence-electron chi connectivity index (χ4n) is 1.56. The van der Waals surface area contributed by atoms with Gasteiger partial charge in [-0.05, 0) is 31.4 Å². The van der Waals surface area contributed by atoms with E-state index in [0.717, 1.165) is 5.75 Å². The quantitative estimate of drug-likeness (QED) is 0.824. The molecular formula is C14H17FN2OS. The molecule has 0 aliphatic rings. The van der Waals surface area contributed by atoms with Crippen molar-refractivity contribution >= 4 is 17.7 Å². The first-order valence-electron chi connectivity index (χ1n) is 5.86. The zero-order chi connectivity index (χ0) is 14.3. The van der Waals surface area contributed by atoms with E-state index < -0.39 is 5.82 Å². The van der Waals surface area contributed by atoms with Gasteiger partial charge in [-0.3, -0.25) is 4.79 Å². The van der Waals surface area contributed by atoms with E-state index in [1.54, 1.807) is 11.8 Å². The molecule has 0 bridgehead atoms. The number of rotatable bonds is 4. The number of thioether (sulfide) groups is 1. The van der Waals surface area contributed by atoms with E-state index in [9.17, 15) is 9.18 Å². The predicted octanol–water partition coefficient (Wildman–Crippen LogP) is 1.62. The highest BCUT2D eigenvalue weighted by atomic mass is 32.2. The molecule has 0 radical (unpaired) electrons. The SMILES string of the molecule is CSCC(C)NC(=O)c1ccc(F)cc1C#CCN. The first-order valence-corrected chi connectivity index (χ1v) is 7.26. The molecule has 1 aromatic carbocycles. The van der Waals surface area contributed by atoms with Gasteiger partial charge in [0.15, 0.2) is 0 Å². The van der Waals surface area contributed by atoms with E-state index in [4.69, 9.17) is 5.73 Å². The summed E-state index contributed by atoms with van der Waals surface area (Å²) in [5.41, 5.74) is 6.02. The lowest BCUT2D eigenvalue weighted by atomic mass is 10.1. The Balaban J connectivity index is 2.95. The highest BCUT2D eigenvalue weighted by molar-refractivity contribution is 7.98. The third kappa shape index (κ3) is 4.93. The fourth-order valence-corrected chi connectivity index (χ4v) is 2.14. The van der Waals surface area contributed by atoms with Gasteiger partial charge in [0.05, 0.1) is 12.1 Å². The Labute approximate surface area is 117 Å². The second-order valence-corrected chi connectivity index (χ2v) is 4.94. The van der Waals surface area contributed by atoms with Crippen molar-refractivity contribution in [1.82, 2.24) is 5.32 Å². The van der Waals surface area contributed by atoms with Crippen molar-refractivity contribution in [2.75, 3.05) is 18.6 Å². The zero-order valence-corrected chi connectivity index (χ0v) is 11.8. The van der Waals surface area contributed by atoms with Crippen molar-refractivity contribution in [3.05, 3.63) is 35.1 Å². The van der Waals surface area contributed by atoms with Gasteiger partial charge in [0.1, 0.15) is 5.82 Å². The Morgan fingerprint density at radius 3 is 2.95 bits per heavy atom. The summed E-state index contributed by atoms with van der Waals surface area (Å²) in [6.07, 6.45) is 1.97. The number of amides is 1. The Hall–Kier alpha value is -1.51. The van der Waals surface area contributed by atoms with E-state index in [2.05, 4.69) is 17.2 Å². The molecule has 102 valence electrons. The molecule has 1 rings (SSSR count). The van der Waals surface area contributed by atoms with Crippen LogP contribution in [0.3, 0.4) is 0 Å². The Kier molecular flexibility index (Phi) is 6.40. The molecule has 3 nitrogen and oxygen atoms in total. The molecule has 5 heteroatoms. The molecule has 0 aliphatic heterocycles. The molecule has 19 heavy (non-hydrogen) atoms. The van der Waals surface area contributed by atoms with Gasteiger partial charge in [-0.25, -0.2) is 4.39 Å². The number of carbonyl (C=O) groups is 1. The lowest BCUT2D eigenvalue weighted by Crippen LogP contribution is -2.34. The molecule has 1 aromatic rings. The average Bonchev–Trinajstić information content (AvgIpc) is 2.36. The standard InChI is InChI=1S/C14H17FN2OS/c1-10(9-19-2)17-14(18)13-6-5-12(15)8-11(13)4-3-7-16/h5-6,8,10H,7,9,16H2,1-2H3,(H,17,18). The van der Waals surface area contributed by atoms with Crippen LogP contribution < -0.4 is 11.1 Å². The Morgan fingerprint density at radius 2 is 2.32 bits per heavy atom. The van der Waals surface area contributed by atoms with E-state index in [0.29, 0.717) is 11.1 Å². The number of nitrogens with two attached hydrogens (primary N) is 1. The van der Waals surface area contributed by atoms with Crippen LogP contribution >= 0.6 is 11.8 Å². The van der Waals surface area contributed by atoms with E-state index in [-0.39, 0.29) is 18.5 Å². The molecule has 0 saturated heterocycles. The van der Waals surface area contributed by atoms with Gasteiger partial charge in [-0.1, -0.05) is 11.8 Å². The van der Waals surface area contributed by atoms with Crippen LogP contribution in [0.2, 0.25) is 0 Å². The molecule has 0 aliphatic carbocycles. The van der Waals surface area contributed by atoms with Crippen molar-refractivity contribution in [3.8, 4) is 11.8 Å². The van der Waals surface area contributed by atoms with Gasteiger partial charge < -0.3 is 11.1 Å². The van der Waals surface area contributed by atoms with Crippen LogP contribution in [0.4, 0.5) is 4.39 Å². The van der Waals surface area contributed by atoms with Crippen molar-refractivity contribution in [2.24, 2.45) is 5.73 Å². The highest BCUT2D eigenvalue weighted by Gasteiger charge is 2.13. The van der Waals surface area contributed by atoms with E-state index in [1.165, 1.54) is 18.2 Å². The van der Waals surface area contributed by atoms with E-state index >= 15 is 0 Å². The van der Waals surface area contributed by atoms with Gasteiger partial charge in [0, 0.05) is 17.4 Å². The fraction of sp³-hybridized carbons (Fsp3) is 0.357. The van der Waals surface area contributed by atoms with Gasteiger partial charge in [0.25, 0.3) is 5.91 Å². The maximum atomic E-state index is 13.2. The number of hydrogen-bond donors (Lipinski definition) is 2. The van der Waals surface area contributed by atoms with Gasteiger partial charge in [0.2, 0.25) is 0 Å². The smallest absolute Gasteiger partial charge is 0.252 e. The number of carbonyl (C=O) groups excluding carboxylic acids is 1. The van der Waals surface area contributed by atoms with Gasteiger partial charge in [-0.15, -0.1) is 0 Å². The summed E-state index contributed by atoms with van der Waals surface area (Å²) < 4.78 is 13.2. The minimum atomic E-state index is -0.421. The van der Waals surface area contributed by atoms with Gasteiger partial charge >= 0.3 is 0 Å². The summed E-state index contributed by atoms with van der Waals surface area (Å²) in [4.78, 5) is 12.1. The minimum Gasteiger partial charge on any atom is -0.349 e. The van der Waals surface area contributed by atoms with Crippen LogP contribution in [0.15, 0.2) is 18.2 Å². The molecule has 3 N–H and O–H groups in total. The van der Waals surface area contributed by atoms with Crippen LogP contribution in [0, 0.1) is 17.7 Å². The molecule has 1 unspecified atom stereocenters. The first-order chi connectivity index (χ1) is 9.08. The molecule has 0 aromatic heterocycles. The minimum absolute atomic E-state index is 0.0443. The lowest BCUT2D eigenvalue weighted by Gasteiger charge is -2.13. The van der Waals surface area contributed by atoms with Gasteiger partial charge in [-0.2, -0.15) is 11.8 Å². The third-order valence-electron chi connectivity index (χ3n) is 2.35. The molecule has 0 heterocycles. The van der Waals surface area contributed by atoms with Crippen molar-refractivity contribution in [2.45, 2.75) is 13.0 Å².